The van der Waals surface area contributed by atoms with Crippen LogP contribution in [0, 0.1) is 0 Å². The van der Waals surface area contributed by atoms with E-state index >= 15 is 0 Å². The van der Waals surface area contributed by atoms with Gasteiger partial charge in [0.05, 0.1) is 24.3 Å². The molecule has 0 saturated heterocycles. The first-order valence-corrected chi connectivity index (χ1v) is 13.2. The van der Waals surface area contributed by atoms with E-state index in [-0.39, 0.29) is 17.1 Å². The minimum Gasteiger partial charge on any atom is -0.507 e. The van der Waals surface area contributed by atoms with Crippen LogP contribution in [0.25, 0.3) is 0 Å². The predicted octanol–water partition coefficient (Wildman–Crippen LogP) is 6.40. The third-order valence-electron chi connectivity index (χ3n) is 6.13. The molecule has 4 aromatic carbocycles. The molecule has 0 aliphatic heterocycles. The topological polar surface area (TPSA) is 108 Å². The van der Waals surface area contributed by atoms with Gasteiger partial charge in [-0.1, -0.05) is 30.3 Å². The fourth-order valence-electron chi connectivity index (χ4n) is 3.97. The highest BCUT2D eigenvalue weighted by molar-refractivity contribution is 6.10. The Bertz CT molecular complexity index is 1430. The molecular formula is C33H30O8. The van der Waals surface area contributed by atoms with E-state index in [1.54, 1.807) is 72.8 Å². The summed E-state index contributed by atoms with van der Waals surface area (Å²) in [5.41, 5.74) is 1.15. The molecule has 0 bridgehead atoms. The number of phenolic OH excluding ortho intramolecular Hbond substituents is 1. The monoisotopic (exact) mass is 554 g/mol. The highest BCUT2D eigenvalue weighted by atomic mass is 16.5. The first kappa shape index (κ1) is 28.9. The van der Waals surface area contributed by atoms with Gasteiger partial charge in [0.2, 0.25) is 0 Å². The normalized spacial score (nSPS) is 10.4. The van der Waals surface area contributed by atoms with E-state index in [4.69, 9.17) is 18.9 Å². The Morgan fingerprint density at radius 2 is 1.22 bits per heavy atom. The summed E-state index contributed by atoms with van der Waals surface area (Å²) in [6, 6.07) is 26.4. The SMILES string of the molecule is O=COc1ccc(OC(=O)c2ccc(OCCCCCCOc3ccc(C(=O)c4ccccc4)c(O)c3)cc2)cc1. The molecule has 0 fully saturated rings. The average Bonchev–Trinajstić information content (AvgIpc) is 3.00. The number of hydrogen-bond acceptors (Lipinski definition) is 8. The smallest absolute Gasteiger partial charge is 0.343 e. The van der Waals surface area contributed by atoms with Gasteiger partial charge in [-0.15, -0.1) is 0 Å². The summed E-state index contributed by atoms with van der Waals surface area (Å²) in [7, 11) is 0. The number of ether oxygens (including phenoxy) is 4. The van der Waals surface area contributed by atoms with Crippen LogP contribution in [0.4, 0.5) is 0 Å². The van der Waals surface area contributed by atoms with Crippen molar-refractivity contribution in [2.45, 2.75) is 25.7 Å². The molecule has 0 saturated carbocycles. The number of ketones is 1. The van der Waals surface area contributed by atoms with Crippen LogP contribution in [-0.2, 0) is 4.79 Å². The maximum Gasteiger partial charge on any atom is 0.343 e. The molecule has 0 aliphatic carbocycles. The second kappa shape index (κ2) is 14.9. The lowest BCUT2D eigenvalue weighted by molar-refractivity contribution is -0.120. The summed E-state index contributed by atoms with van der Waals surface area (Å²) in [6.07, 6.45) is 3.62. The molecule has 8 nitrogen and oxygen atoms in total. The average molecular weight is 555 g/mol. The van der Waals surface area contributed by atoms with Crippen molar-refractivity contribution in [3.8, 4) is 28.7 Å². The fraction of sp³-hybridized carbons (Fsp3) is 0.182. The van der Waals surface area contributed by atoms with Gasteiger partial charge in [-0.2, -0.15) is 0 Å². The summed E-state index contributed by atoms with van der Waals surface area (Å²) in [6.45, 7) is 1.37. The molecule has 0 radical (unpaired) electrons. The van der Waals surface area contributed by atoms with Crippen molar-refractivity contribution in [2.24, 2.45) is 0 Å². The molecule has 0 unspecified atom stereocenters. The molecule has 4 rings (SSSR count). The maximum atomic E-state index is 12.5. The van der Waals surface area contributed by atoms with Crippen LogP contribution in [0.1, 0.15) is 52.0 Å². The maximum absolute atomic E-state index is 12.5. The zero-order valence-electron chi connectivity index (χ0n) is 22.4. The van der Waals surface area contributed by atoms with Gasteiger partial charge < -0.3 is 24.1 Å². The van der Waals surface area contributed by atoms with E-state index in [1.807, 2.05) is 6.07 Å². The van der Waals surface area contributed by atoms with Crippen molar-refractivity contribution in [1.82, 2.24) is 0 Å². The van der Waals surface area contributed by atoms with Crippen molar-refractivity contribution >= 4 is 18.2 Å². The molecule has 41 heavy (non-hydrogen) atoms. The Balaban J connectivity index is 1.10. The van der Waals surface area contributed by atoms with Gasteiger partial charge in [0.1, 0.15) is 28.7 Å². The molecular weight excluding hydrogens is 524 g/mol. The van der Waals surface area contributed by atoms with Crippen LogP contribution >= 0.6 is 0 Å². The van der Waals surface area contributed by atoms with Crippen LogP contribution in [-0.4, -0.2) is 36.5 Å². The molecule has 8 heteroatoms. The van der Waals surface area contributed by atoms with E-state index in [9.17, 15) is 19.5 Å². The highest BCUT2D eigenvalue weighted by Crippen LogP contribution is 2.26. The number of carbonyl (C=O) groups excluding carboxylic acids is 3. The number of carbonyl (C=O) groups is 3. The number of unbranched alkanes of at least 4 members (excludes halogenated alkanes) is 3. The first-order valence-electron chi connectivity index (χ1n) is 13.2. The Hall–Kier alpha value is -5.11. The molecule has 0 spiro atoms. The van der Waals surface area contributed by atoms with Crippen molar-refractivity contribution in [1.29, 1.82) is 0 Å². The van der Waals surface area contributed by atoms with Crippen LogP contribution in [0.5, 0.6) is 28.7 Å². The van der Waals surface area contributed by atoms with Crippen LogP contribution in [0.15, 0.2) is 97.1 Å². The van der Waals surface area contributed by atoms with Gasteiger partial charge in [0.15, 0.2) is 5.78 Å². The van der Waals surface area contributed by atoms with Crippen LogP contribution < -0.4 is 18.9 Å². The summed E-state index contributed by atoms with van der Waals surface area (Å²) in [5, 5.41) is 10.3. The quantitative estimate of drug-likeness (QED) is 0.0592. The first-order chi connectivity index (χ1) is 20.0. The molecule has 0 heterocycles. The number of benzene rings is 4. The van der Waals surface area contributed by atoms with E-state index < -0.39 is 5.97 Å². The summed E-state index contributed by atoms with van der Waals surface area (Å²) >= 11 is 0. The van der Waals surface area contributed by atoms with Crippen molar-refractivity contribution < 1.29 is 38.4 Å². The number of phenols is 1. The number of rotatable bonds is 15. The van der Waals surface area contributed by atoms with Crippen molar-refractivity contribution in [2.75, 3.05) is 13.2 Å². The van der Waals surface area contributed by atoms with Gasteiger partial charge in [0, 0.05) is 11.6 Å². The predicted molar refractivity (Wildman–Crippen MR) is 152 cm³/mol. The summed E-state index contributed by atoms with van der Waals surface area (Å²) in [5.74, 6) is 1.03. The van der Waals surface area contributed by atoms with Crippen molar-refractivity contribution in [3.05, 3.63) is 114 Å². The molecule has 0 aliphatic rings. The number of hydrogen-bond donors (Lipinski definition) is 1. The molecule has 0 amide bonds. The van der Waals surface area contributed by atoms with Gasteiger partial charge in [-0.3, -0.25) is 9.59 Å². The van der Waals surface area contributed by atoms with E-state index in [0.717, 1.165) is 25.7 Å². The number of esters is 1. The van der Waals surface area contributed by atoms with Gasteiger partial charge in [-0.25, -0.2) is 4.79 Å². The standard InChI is InChI=1S/C33H30O8/c34-23-40-27-14-16-28(17-15-27)41-33(37)25-10-12-26(13-11-25)38-20-6-1-2-7-21-39-29-18-19-30(31(35)22-29)32(36)24-8-4-3-5-9-24/h3-5,8-19,22-23,35H,1-2,6-7,20-21H2. The minimum absolute atomic E-state index is 0.101. The molecule has 0 aromatic heterocycles. The summed E-state index contributed by atoms with van der Waals surface area (Å²) < 4.78 is 21.5. The lowest BCUT2D eigenvalue weighted by Crippen LogP contribution is -2.08. The number of aromatic hydroxyl groups is 1. The summed E-state index contributed by atoms with van der Waals surface area (Å²) in [4.78, 5) is 35.2. The minimum atomic E-state index is -0.505. The van der Waals surface area contributed by atoms with Gasteiger partial charge in [-0.05, 0) is 86.3 Å². The second-order valence-electron chi connectivity index (χ2n) is 9.08. The van der Waals surface area contributed by atoms with Crippen LogP contribution in [0.2, 0.25) is 0 Å². The molecule has 4 aromatic rings. The van der Waals surface area contributed by atoms with Gasteiger partial charge in [0.25, 0.3) is 6.47 Å². The Labute approximate surface area is 238 Å². The van der Waals surface area contributed by atoms with Crippen molar-refractivity contribution in [3.63, 3.8) is 0 Å². The largest absolute Gasteiger partial charge is 0.507 e. The molecule has 210 valence electrons. The van der Waals surface area contributed by atoms with Gasteiger partial charge >= 0.3 is 5.97 Å². The lowest BCUT2D eigenvalue weighted by atomic mass is 10.0. The van der Waals surface area contributed by atoms with Crippen LogP contribution in [0.3, 0.4) is 0 Å². The lowest BCUT2D eigenvalue weighted by Gasteiger charge is -2.10. The third kappa shape index (κ3) is 8.69. The second-order valence-corrected chi connectivity index (χ2v) is 9.08. The highest BCUT2D eigenvalue weighted by Gasteiger charge is 2.14. The Morgan fingerprint density at radius 3 is 1.85 bits per heavy atom. The molecule has 1 N–H and O–H groups in total. The van der Waals surface area contributed by atoms with E-state index in [0.29, 0.717) is 53.8 Å². The zero-order valence-corrected chi connectivity index (χ0v) is 22.4. The zero-order chi connectivity index (χ0) is 28.9. The Morgan fingerprint density at radius 1 is 0.634 bits per heavy atom. The van der Waals surface area contributed by atoms with E-state index in [2.05, 4.69) is 0 Å². The fourth-order valence-corrected chi connectivity index (χ4v) is 3.97. The Kier molecular flexibility index (Phi) is 10.5. The third-order valence-corrected chi connectivity index (χ3v) is 6.13. The molecule has 0 atom stereocenters. The van der Waals surface area contributed by atoms with E-state index in [1.165, 1.54) is 18.2 Å².